The fourth-order valence-corrected chi connectivity index (χ4v) is 1.76. The van der Waals surface area contributed by atoms with E-state index in [0.29, 0.717) is 6.01 Å². The molecule has 0 aliphatic heterocycles. The lowest BCUT2D eigenvalue weighted by molar-refractivity contribution is 0.413. The Labute approximate surface area is 102 Å². The first-order chi connectivity index (χ1) is 7.31. The molecule has 0 bridgehead atoms. The predicted octanol–water partition coefficient (Wildman–Crippen LogP) is 3.30. The van der Waals surface area contributed by atoms with Crippen molar-refractivity contribution in [2.24, 2.45) is 0 Å². The van der Waals surface area contributed by atoms with Crippen LogP contribution in [0.25, 0.3) is 0 Å². The van der Waals surface area contributed by atoms with Crippen molar-refractivity contribution >= 4 is 22.6 Å². The number of hydrogen-bond donors (Lipinski definition) is 0. The third-order valence-electron chi connectivity index (χ3n) is 2.06. The van der Waals surface area contributed by atoms with E-state index >= 15 is 0 Å². The molecule has 0 spiro atoms. The highest BCUT2D eigenvalue weighted by Gasteiger charge is 2.05. The van der Waals surface area contributed by atoms with Crippen molar-refractivity contribution in [1.82, 2.24) is 9.55 Å². The zero-order valence-corrected chi connectivity index (χ0v) is 10.5. The number of aryl methyl sites for hydroxylation is 1. The van der Waals surface area contributed by atoms with E-state index in [1.54, 1.807) is 6.20 Å². The number of para-hydroxylation sites is 1. The minimum atomic E-state index is 0.640. The first kappa shape index (κ1) is 10.5. The Morgan fingerprint density at radius 3 is 2.93 bits per heavy atom. The van der Waals surface area contributed by atoms with Crippen molar-refractivity contribution < 1.29 is 4.74 Å². The average Bonchev–Trinajstić information content (AvgIpc) is 2.69. The molecule has 78 valence electrons. The zero-order chi connectivity index (χ0) is 10.7. The van der Waals surface area contributed by atoms with E-state index in [4.69, 9.17) is 4.74 Å². The molecule has 0 radical (unpaired) electrons. The van der Waals surface area contributed by atoms with Crippen LogP contribution in [-0.4, -0.2) is 9.55 Å². The maximum absolute atomic E-state index is 5.72. The molecular weight excluding hydrogens is 303 g/mol. The summed E-state index contributed by atoms with van der Waals surface area (Å²) in [6.07, 6.45) is 3.65. The van der Waals surface area contributed by atoms with Crippen LogP contribution >= 0.6 is 22.6 Å². The van der Waals surface area contributed by atoms with Crippen molar-refractivity contribution in [2.75, 3.05) is 0 Å². The van der Waals surface area contributed by atoms with E-state index in [1.165, 1.54) is 0 Å². The number of rotatable bonds is 3. The highest BCUT2D eigenvalue weighted by Crippen LogP contribution is 2.24. The molecular formula is C11H11IN2O. The van der Waals surface area contributed by atoms with Crippen LogP contribution in [-0.2, 0) is 6.54 Å². The van der Waals surface area contributed by atoms with Gasteiger partial charge < -0.3 is 9.30 Å². The second-order valence-corrected chi connectivity index (χ2v) is 4.19. The largest absolute Gasteiger partial charge is 0.424 e. The van der Waals surface area contributed by atoms with Crippen LogP contribution in [0, 0.1) is 3.57 Å². The lowest BCUT2D eigenvalue weighted by Gasteiger charge is -2.07. The molecule has 0 saturated carbocycles. The summed E-state index contributed by atoms with van der Waals surface area (Å²) in [5.41, 5.74) is 0. The molecule has 0 fully saturated rings. The van der Waals surface area contributed by atoms with Gasteiger partial charge >= 0.3 is 6.01 Å². The van der Waals surface area contributed by atoms with E-state index in [1.807, 2.05) is 35.0 Å². The van der Waals surface area contributed by atoms with Gasteiger partial charge in [-0.3, -0.25) is 0 Å². The van der Waals surface area contributed by atoms with Gasteiger partial charge in [-0.2, -0.15) is 0 Å². The van der Waals surface area contributed by atoms with Crippen LogP contribution in [0.3, 0.4) is 0 Å². The third kappa shape index (κ3) is 2.31. The molecule has 0 saturated heterocycles. The highest BCUT2D eigenvalue weighted by molar-refractivity contribution is 14.1. The lowest BCUT2D eigenvalue weighted by Crippen LogP contribution is -1.97. The van der Waals surface area contributed by atoms with E-state index in [2.05, 4.69) is 34.5 Å². The fraction of sp³-hybridized carbons (Fsp3) is 0.182. The van der Waals surface area contributed by atoms with Crippen molar-refractivity contribution in [2.45, 2.75) is 13.5 Å². The number of imidazole rings is 1. The van der Waals surface area contributed by atoms with E-state index in [-0.39, 0.29) is 0 Å². The second-order valence-electron chi connectivity index (χ2n) is 3.03. The first-order valence-electron chi connectivity index (χ1n) is 4.74. The van der Waals surface area contributed by atoms with Gasteiger partial charge in [0, 0.05) is 18.9 Å². The standard InChI is InChI=1S/C11H11IN2O/c1-2-14-8-7-13-11(14)15-10-6-4-3-5-9(10)12/h3-8H,2H2,1H3. The molecule has 1 aromatic carbocycles. The molecule has 2 rings (SSSR count). The molecule has 0 aliphatic rings. The van der Waals surface area contributed by atoms with Gasteiger partial charge in [0.25, 0.3) is 0 Å². The number of halogens is 1. The first-order valence-corrected chi connectivity index (χ1v) is 5.82. The Balaban J connectivity index is 2.26. The molecule has 15 heavy (non-hydrogen) atoms. The number of nitrogens with zero attached hydrogens (tertiary/aromatic N) is 2. The summed E-state index contributed by atoms with van der Waals surface area (Å²) in [7, 11) is 0. The van der Waals surface area contributed by atoms with Crippen LogP contribution in [0.4, 0.5) is 0 Å². The van der Waals surface area contributed by atoms with Crippen LogP contribution in [0.1, 0.15) is 6.92 Å². The molecule has 1 aromatic heterocycles. The van der Waals surface area contributed by atoms with Crippen molar-refractivity contribution in [3.05, 3.63) is 40.2 Å². The van der Waals surface area contributed by atoms with Crippen LogP contribution < -0.4 is 4.74 Å². The Kier molecular flexibility index (Phi) is 3.25. The summed E-state index contributed by atoms with van der Waals surface area (Å²) in [6.45, 7) is 2.92. The fourth-order valence-electron chi connectivity index (χ4n) is 1.27. The molecule has 2 aromatic rings. The minimum absolute atomic E-state index is 0.640. The number of aromatic nitrogens is 2. The smallest absolute Gasteiger partial charge is 0.301 e. The minimum Gasteiger partial charge on any atom is -0.424 e. The Bertz CT molecular complexity index is 453. The summed E-state index contributed by atoms with van der Waals surface area (Å²) >= 11 is 2.25. The zero-order valence-electron chi connectivity index (χ0n) is 8.35. The Morgan fingerprint density at radius 2 is 2.20 bits per heavy atom. The van der Waals surface area contributed by atoms with Crippen molar-refractivity contribution in [3.8, 4) is 11.8 Å². The summed E-state index contributed by atoms with van der Waals surface area (Å²) in [5, 5.41) is 0. The Morgan fingerprint density at radius 1 is 1.40 bits per heavy atom. The molecule has 0 amide bonds. The molecule has 4 heteroatoms. The SMILES string of the molecule is CCn1ccnc1Oc1ccccc1I. The topological polar surface area (TPSA) is 27.1 Å². The monoisotopic (exact) mass is 314 g/mol. The summed E-state index contributed by atoms with van der Waals surface area (Å²) in [5.74, 6) is 0.846. The molecule has 0 unspecified atom stereocenters. The van der Waals surface area contributed by atoms with E-state index < -0.39 is 0 Å². The van der Waals surface area contributed by atoms with Gasteiger partial charge in [-0.05, 0) is 41.6 Å². The van der Waals surface area contributed by atoms with Gasteiger partial charge in [-0.1, -0.05) is 12.1 Å². The molecule has 1 heterocycles. The number of hydrogen-bond acceptors (Lipinski definition) is 2. The Hall–Kier alpha value is -1.04. The predicted molar refractivity (Wildman–Crippen MR) is 67.1 cm³/mol. The quantitative estimate of drug-likeness (QED) is 0.813. The summed E-state index contributed by atoms with van der Waals surface area (Å²) in [6, 6.07) is 8.53. The third-order valence-corrected chi connectivity index (χ3v) is 2.95. The maximum atomic E-state index is 5.72. The second kappa shape index (κ2) is 4.65. The van der Waals surface area contributed by atoms with Gasteiger partial charge in [-0.25, -0.2) is 4.98 Å². The molecule has 0 atom stereocenters. The summed E-state index contributed by atoms with van der Waals surface area (Å²) < 4.78 is 8.76. The lowest BCUT2D eigenvalue weighted by atomic mass is 10.3. The number of ether oxygens (including phenoxy) is 1. The maximum Gasteiger partial charge on any atom is 0.301 e. The average molecular weight is 314 g/mol. The molecule has 0 N–H and O–H groups in total. The van der Waals surface area contributed by atoms with Gasteiger partial charge in [0.05, 0.1) is 3.57 Å². The highest BCUT2D eigenvalue weighted by atomic mass is 127. The normalized spacial score (nSPS) is 10.3. The van der Waals surface area contributed by atoms with Crippen LogP contribution in [0.2, 0.25) is 0 Å². The van der Waals surface area contributed by atoms with Crippen molar-refractivity contribution in [1.29, 1.82) is 0 Å². The van der Waals surface area contributed by atoms with Gasteiger partial charge in [0.1, 0.15) is 5.75 Å². The van der Waals surface area contributed by atoms with E-state index in [0.717, 1.165) is 15.9 Å². The van der Waals surface area contributed by atoms with Crippen molar-refractivity contribution in [3.63, 3.8) is 0 Å². The molecule has 0 aliphatic carbocycles. The molecule has 3 nitrogen and oxygen atoms in total. The van der Waals surface area contributed by atoms with E-state index in [9.17, 15) is 0 Å². The summed E-state index contributed by atoms with van der Waals surface area (Å²) in [4.78, 5) is 4.16. The van der Waals surface area contributed by atoms with Crippen LogP contribution in [0.5, 0.6) is 11.8 Å². The number of benzene rings is 1. The van der Waals surface area contributed by atoms with Crippen LogP contribution in [0.15, 0.2) is 36.7 Å². The van der Waals surface area contributed by atoms with Gasteiger partial charge in [0.15, 0.2) is 0 Å². The van der Waals surface area contributed by atoms with Gasteiger partial charge in [-0.15, -0.1) is 0 Å². The van der Waals surface area contributed by atoms with Gasteiger partial charge in [0.2, 0.25) is 0 Å².